The summed E-state index contributed by atoms with van der Waals surface area (Å²) in [4.78, 5) is 11.6. The van der Waals surface area contributed by atoms with Crippen molar-refractivity contribution in [2.45, 2.75) is 13.5 Å². The average molecular weight is 267 g/mol. The van der Waals surface area contributed by atoms with Crippen molar-refractivity contribution in [2.75, 3.05) is 6.61 Å². The fourth-order valence-corrected chi connectivity index (χ4v) is 1.67. The van der Waals surface area contributed by atoms with Crippen LogP contribution in [0, 0.1) is 0 Å². The third-order valence-electron chi connectivity index (χ3n) is 2.21. The predicted octanol–water partition coefficient (Wildman–Crippen LogP) is 1.55. The van der Waals surface area contributed by atoms with Crippen LogP contribution in [0.4, 0.5) is 0 Å². The molecular weight excluding hydrogens is 256 g/mol. The summed E-state index contributed by atoms with van der Waals surface area (Å²) in [7, 11) is 0. The molecule has 0 saturated carbocycles. The van der Waals surface area contributed by atoms with Crippen molar-refractivity contribution in [3.05, 3.63) is 40.7 Å². The second kappa shape index (κ2) is 5.59. The average Bonchev–Trinajstić information content (AvgIpc) is 2.77. The Morgan fingerprint density at radius 3 is 3.06 bits per heavy atom. The van der Waals surface area contributed by atoms with Crippen LogP contribution in [0.3, 0.4) is 0 Å². The smallest absolute Gasteiger partial charge is 0.378 e. The molecule has 0 saturated heterocycles. The van der Waals surface area contributed by atoms with Crippen molar-refractivity contribution in [1.29, 1.82) is 0 Å². The lowest BCUT2D eigenvalue weighted by atomic mass is 10.2. The van der Waals surface area contributed by atoms with Crippen LogP contribution in [-0.2, 0) is 11.3 Å². The lowest BCUT2D eigenvalue weighted by molar-refractivity contribution is 0.0505. The zero-order valence-corrected chi connectivity index (χ0v) is 10.5. The molecule has 6 nitrogen and oxygen atoms in total. The Bertz CT molecular complexity index is 555. The minimum Gasteiger partial charge on any atom is -0.460 e. The number of tetrazole rings is 1. The Morgan fingerprint density at radius 1 is 1.50 bits per heavy atom. The van der Waals surface area contributed by atoms with Gasteiger partial charge < -0.3 is 4.74 Å². The van der Waals surface area contributed by atoms with E-state index >= 15 is 0 Å². The van der Waals surface area contributed by atoms with Crippen molar-refractivity contribution in [3.63, 3.8) is 0 Å². The first-order chi connectivity index (χ1) is 8.70. The van der Waals surface area contributed by atoms with Gasteiger partial charge in [-0.1, -0.05) is 23.7 Å². The summed E-state index contributed by atoms with van der Waals surface area (Å²) >= 11 is 5.88. The van der Waals surface area contributed by atoms with E-state index in [9.17, 15) is 4.79 Å². The van der Waals surface area contributed by atoms with Crippen molar-refractivity contribution < 1.29 is 9.53 Å². The molecule has 0 N–H and O–H groups in total. The van der Waals surface area contributed by atoms with Gasteiger partial charge in [-0.25, -0.2) is 9.48 Å². The van der Waals surface area contributed by atoms with Crippen molar-refractivity contribution in [2.24, 2.45) is 0 Å². The van der Waals surface area contributed by atoms with Crippen LogP contribution in [-0.4, -0.2) is 32.8 Å². The molecule has 0 spiro atoms. The molecule has 0 unspecified atom stereocenters. The minimum atomic E-state index is -0.537. The topological polar surface area (TPSA) is 69.9 Å². The molecule has 1 heterocycles. The van der Waals surface area contributed by atoms with Gasteiger partial charge in [0.1, 0.15) is 0 Å². The van der Waals surface area contributed by atoms with Crippen LogP contribution < -0.4 is 0 Å². The number of nitrogens with zero attached hydrogens (tertiary/aromatic N) is 4. The fourth-order valence-electron chi connectivity index (χ4n) is 1.46. The Balaban J connectivity index is 2.20. The van der Waals surface area contributed by atoms with E-state index in [1.54, 1.807) is 19.1 Å². The Kier molecular flexibility index (Phi) is 3.88. The van der Waals surface area contributed by atoms with E-state index in [2.05, 4.69) is 15.5 Å². The highest BCUT2D eigenvalue weighted by molar-refractivity contribution is 6.30. The van der Waals surface area contributed by atoms with Crippen molar-refractivity contribution in [1.82, 2.24) is 20.2 Å². The summed E-state index contributed by atoms with van der Waals surface area (Å²) in [5, 5.41) is 11.5. The number of carbonyl (C=O) groups excluding carboxylic acids is 1. The van der Waals surface area contributed by atoms with Crippen molar-refractivity contribution in [3.8, 4) is 0 Å². The van der Waals surface area contributed by atoms with Gasteiger partial charge in [-0.3, -0.25) is 0 Å². The number of ether oxygens (including phenoxy) is 1. The van der Waals surface area contributed by atoms with Gasteiger partial charge in [0.25, 0.3) is 5.82 Å². The van der Waals surface area contributed by atoms with Gasteiger partial charge in [0.2, 0.25) is 0 Å². The first-order valence-electron chi connectivity index (χ1n) is 5.38. The van der Waals surface area contributed by atoms with E-state index in [1.165, 1.54) is 4.68 Å². The van der Waals surface area contributed by atoms with Crippen LogP contribution >= 0.6 is 11.6 Å². The van der Waals surface area contributed by atoms with Crippen molar-refractivity contribution >= 4 is 17.6 Å². The molecule has 2 aromatic rings. The monoisotopic (exact) mass is 266 g/mol. The van der Waals surface area contributed by atoms with Gasteiger partial charge in [0.05, 0.1) is 13.2 Å². The van der Waals surface area contributed by atoms with Gasteiger partial charge in [-0.15, -0.1) is 5.10 Å². The zero-order valence-electron chi connectivity index (χ0n) is 9.71. The van der Waals surface area contributed by atoms with Crippen LogP contribution in [0.2, 0.25) is 5.02 Å². The summed E-state index contributed by atoms with van der Waals surface area (Å²) in [6, 6.07) is 7.27. The van der Waals surface area contributed by atoms with Gasteiger partial charge in [0.15, 0.2) is 0 Å². The number of halogens is 1. The molecule has 7 heteroatoms. The number of aromatic nitrogens is 4. The summed E-state index contributed by atoms with van der Waals surface area (Å²) in [5.74, 6) is -0.457. The summed E-state index contributed by atoms with van der Waals surface area (Å²) < 4.78 is 6.24. The largest absolute Gasteiger partial charge is 0.460 e. The molecule has 1 aromatic heterocycles. The van der Waals surface area contributed by atoms with E-state index in [-0.39, 0.29) is 12.4 Å². The molecular formula is C11H11ClN4O2. The van der Waals surface area contributed by atoms with Crippen LogP contribution in [0.25, 0.3) is 0 Å². The van der Waals surface area contributed by atoms with E-state index in [1.807, 2.05) is 12.1 Å². The van der Waals surface area contributed by atoms with Gasteiger partial charge in [-0.2, -0.15) is 0 Å². The first kappa shape index (κ1) is 12.5. The molecule has 1 aromatic carbocycles. The summed E-state index contributed by atoms with van der Waals surface area (Å²) in [6.45, 7) is 2.37. The van der Waals surface area contributed by atoms with Crippen LogP contribution in [0.5, 0.6) is 0 Å². The van der Waals surface area contributed by atoms with Gasteiger partial charge >= 0.3 is 5.97 Å². The number of hydrogen-bond acceptors (Lipinski definition) is 5. The molecule has 18 heavy (non-hydrogen) atoms. The standard InChI is InChI=1S/C11H11ClN4O2/c1-2-18-11(17)10-13-14-15-16(10)7-8-4-3-5-9(12)6-8/h3-6H,2,7H2,1H3. The molecule has 0 fully saturated rings. The van der Waals surface area contributed by atoms with Crippen LogP contribution in [0.1, 0.15) is 23.1 Å². The molecule has 0 amide bonds. The highest BCUT2D eigenvalue weighted by Crippen LogP contribution is 2.12. The maximum absolute atomic E-state index is 11.6. The van der Waals surface area contributed by atoms with E-state index < -0.39 is 5.97 Å². The first-order valence-corrected chi connectivity index (χ1v) is 5.76. The molecule has 0 atom stereocenters. The second-order valence-electron chi connectivity index (χ2n) is 3.51. The summed E-state index contributed by atoms with van der Waals surface area (Å²) in [6.07, 6.45) is 0. The highest BCUT2D eigenvalue weighted by Gasteiger charge is 2.16. The third-order valence-corrected chi connectivity index (χ3v) is 2.45. The summed E-state index contributed by atoms with van der Waals surface area (Å²) in [5.41, 5.74) is 0.903. The molecule has 0 aliphatic rings. The number of benzene rings is 1. The van der Waals surface area contributed by atoms with E-state index in [0.717, 1.165) is 5.56 Å². The lowest BCUT2D eigenvalue weighted by Gasteiger charge is -2.04. The molecule has 0 bridgehead atoms. The quantitative estimate of drug-likeness (QED) is 0.786. The Morgan fingerprint density at radius 2 is 2.33 bits per heavy atom. The SMILES string of the molecule is CCOC(=O)c1nnnn1Cc1cccc(Cl)c1. The maximum Gasteiger partial charge on any atom is 0.378 e. The second-order valence-corrected chi connectivity index (χ2v) is 3.95. The number of carbonyl (C=O) groups is 1. The molecule has 0 aliphatic heterocycles. The molecule has 94 valence electrons. The van der Waals surface area contributed by atoms with E-state index in [0.29, 0.717) is 11.6 Å². The number of hydrogen-bond donors (Lipinski definition) is 0. The van der Waals surface area contributed by atoms with Crippen LogP contribution in [0.15, 0.2) is 24.3 Å². The Labute approximate surface area is 109 Å². The number of rotatable bonds is 4. The molecule has 0 aliphatic carbocycles. The fraction of sp³-hybridized carbons (Fsp3) is 0.273. The normalized spacial score (nSPS) is 10.3. The lowest BCUT2D eigenvalue weighted by Crippen LogP contribution is -2.15. The Hall–Kier alpha value is -1.95. The zero-order chi connectivity index (χ0) is 13.0. The maximum atomic E-state index is 11.6. The minimum absolute atomic E-state index is 0.0804. The molecule has 2 rings (SSSR count). The number of esters is 1. The van der Waals surface area contributed by atoms with Gasteiger partial charge in [0, 0.05) is 5.02 Å². The predicted molar refractivity (Wildman–Crippen MR) is 64.3 cm³/mol. The highest BCUT2D eigenvalue weighted by atomic mass is 35.5. The van der Waals surface area contributed by atoms with Gasteiger partial charge in [-0.05, 0) is 35.0 Å². The molecule has 0 radical (unpaired) electrons. The third kappa shape index (κ3) is 2.84. The van der Waals surface area contributed by atoms with E-state index in [4.69, 9.17) is 16.3 Å².